The van der Waals surface area contributed by atoms with Gasteiger partial charge in [-0.15, -0.1) is 0 Å². The second-order valence-electron chi connectivity index (χ2n) is 4.96. The quantitative estimate of drug-likeness (QED) is 0.818. The van der Waals surface area contributed by atoms with Gasteiger partial charge in [-0.25, -0.2) is 4.98 Å². The van der Waals surface area contributed by atoms with Crippen molar-refractivity contribution in [3.8, 4) is 0 Å². The van der Waals surface area contributed by atoms with Gasteiger partial charge in [-0.3, -0.25) is 4.79 Å². The predicted molar refractivity (Wildman–Crippen MR) is 69.9 cm³/mol. The van der Waals surface area contributed by atoms with Crippen LogP contribution in [0, 0.1) is 0 Å². The molecule has 0 bridgehead atoms. The summed E-state index contributed by atoms with van der Waals surface area (Å²) in [6.45, 7) is 0.991. The van der Waals surface area contributed by atoms with Gasteiger partial charge >= 0.3 is 0 Å². The average Bonchev–Trinajstić information content (AvgIpc) is 2.76. The van der Waals surface area contributed by atoms with Crippen molar-refractivity contribution in [1.82, 2.24) is 20.2 Å². The Kier molecular flexibility index (Phi) is 4.75. The Balaban J connectivity index is 1.64. The van der Waals surface area contributed by atoms with E-state index in [9.17, 15) is 4.79 Å². The fourth-order valence-electron chi connectivity index (χ4n) is 2.38. The normalized spacial score (nSPS) is 16.7. The van der Waals surface area contributed by atoms with E-state index >= 15 is 0 Å². The Labute approximate surface area is 108 Å². The maximum Gasteiger partial charge on any atom is 0.234 e. The number of hydrogen-bond donors (Lipinski definition) is 2. The Hall–Kier alpha value is -1.36. The molecule has 0 saturated heterocycles. The van der Waals surface area contributed by atoms with Crippen LogP contribution in [0.15, 0.2) is 12.4 Å². The molecule has 2 rings (SSSR count). The van der Waals surface area contributed by atoms with Gasteiger partial charge in [-0.1, -0.05) is 19.3 Å². The molecule has 0 aliphatic heterocycles. The molecule has 0 spiro atoms. The molecule has 1 fully saturated rings. The number of nitrogens with zero attached hydrogens (tertiary/aromatic N) is 2. The number of aromatic nitrogens is 2. The zero-order chi connectivity index (χ0) is 12.8. The first kappa shape index (κ1) is 13.1. The Morgan fingerprint density at radius 1 is 1.44 bits per heavy atom. The molecule has 5 heteroatoms. The highest BCUT2D eigenvalue weighted by atomic mass is 16.1. The number of carbonyl (C=O) groups excluding carboxylic acids is 1. The topological polar surface area (TPSA) is 59.0 Å². The van der Waals surface area contributed by atoms with Crippen molar-refractivity contribution in [1.29, 1.82) is 0 Å². The zero-order valence-corrected chi connectivity index (χ0v) is 11.0. The minimum Gasteiger partial charge on any atom is -0.352 e. The van der Waals surface area contributed by atoms with Gasteiger partial charge in [0.2, 0.25) is 5.91 Å². The summed E-state index contributed by atoms with van der Waals surface area (Å²) in [5.74, 6) is 1.04. The van der Waals surface area contributed by atoms with Gasteiger partial charge in [0, 0.05) is 25.5 Å². The summed E-state index contributed by atoms with van der Waals surface area (Å²) in [5.41, 5.74) is 0. The van der Waals surface area contributed by atoms with Crippen LogP contribution in [0.2, 0.25) is 0 Å². The maximum atomic E-state index is 11.7. The number of carbonyl (C=O) groups is 1. The average molecular weight is 250 g/mol. The molecule has 100 valence electrons. The summed E-state index contributed by atoms with van der Waals surface area (Å²) in [5, 5.41) is 6.21. The molecule has 0 aromatic carbocycles. The predicted octanol–water partition coefficient (Wildman–Crippen LogP) is 0.959. The van der Waals surface area contributed by atoms with E-state index in [1.807, 2.05) is 17.8 Å². The second-order valence-corrected chi connectivity index (χ2v) is 4.96. The molecule has 18 heavy (non-hydrogen) atoms. The summed E-state index contributed by atoms with van der Waals surface area (Å²) in [4.78, 5) is 15.9. The van der Waals surface area contributed by atoms with E-state index in [1.165, 1.54) is 19.3 Å². The third kappa shape index (κ3) is 3.84. The zero-order valence-electron chi connectivity index (χ0n) is 11.0. The lowest BCUT2D eigenvalue weighted by Crippen LogP contribution is -2.41. The van der Waals surface area contributed by atoms with Crippen LogP contribution in [0.5, 0.6) is 0 Å². The molecule has 0 atom stereocenters. The van der Waals surface area contributed by atoms with Crippen molar-refractivity contribution >= 4 is 5.91 Å². The second kappa shape index (κ2) is 6.54. The van der Waals surface area contributed by atoms with E-state index in [-0.39, 0.29) is 5.91 Å². The van der Waals surface area contributed by atoms with Gasteiger partial charge in [-0.2, -0.15) is 0 Å². The minimum absolute atomic E-state index is 0.0936. The summed E-state index contributed by atoms with van der Waals surface area (Å²) in [7, 11) is 1.95. The number of amides is 1. The highest BCUT2D eigenvalue weighted by Crippen LogP contribution is 2.16. The third-order valence-corrected chi connectivity index (χ3v) is 3.46. The first-order valence-electron chi connectivity index (χ1n) is 6.72. The molecule has 5 nitrogen and oxygen atoms in total. The molecule has 0 radical (unpaired) electrons. The fourth-order valence-corrected chi connectivity index (χ4v) is 2.38. The van der Waals surface area contributed by atoms with Crippen molar-refractivity contribution in [2.75, 3.05) is 6.54 Å². The summed E-state index contributed by atoms with van der Waals surface area (Å²) < 4.78 is 1.95. The maximum absolute atomic E-state index is 11.7. The van der Waals surface area contributed by atoms with Crippen LogP contribution in [0.25, 0.3) is 0 Å². The molecule has 1 saturated carbocycles. The highest BCUT2D eigenvalue weighted by Gasteiger charge is 2.15. The minimum atomic E-state index is 0.0936. The molecule has 1 aromatic heterocycles. The van der Waals surface area contributed by atoms with Crippen LogP contribution < -0.4 is 10.6 Å². The number of imidazole rings is 1. The van der Waals surface area contributed by atoms with E-state index in [0.717, 1.165) is 18.7 Å². The van der Waals surface area contributed by atoms with Crippen molar-refractivity contribution < 1.29 is 4.79 Å². The standard InChI is InChI=1S/C13H22N4O/c1-17-8-7-15-12(17)9-14-10-13(18)16-11-5-3-2-4-6-11/h7-8,11,14H,2-6,9-10H2,1H3,(H,16,18). The van der Waals surface area contributed by atoms with Gasteiger partial charge in [0.05, 0.1) is 13.1 Å². The smallest absolute Gasteiger partial charge is 0.234 e. The van der Waals surface area contributed by atoms with Crippen LogP contribution >= 0.6 is 0 Å². The lowest BCUT2D eigenvalue weighted by molar-refractivity contribution is -0.121. The lowest BCUT2D eigenvalue weighted by atomic mass is 9.95. The van der Waals surface area contributed by atoms with Gasteiger partial charge in [0.1, 0.15) is 5.82 Å². The Bertz CT molecular complexity index is 382. The Morgan fingerprint density at radius 3 is 2.89 bits per heavy atom. The van der Waals surface area contributed by atoms with E-state index in [1.54, 1.807) is 6.20 Å². The largest absolute Gasteiger partial charge is 0.352 e. The first-order chi connectivity index (χ1) is 8.75. The van der Waals surface area contributed by atoms with Crippen molar-refractivity contribution in [3.63, 3.8) is 0 Å². The van der Waals surface area contributed by atoms with Crippen molar-refractivity contribution in [3.05, 3.63) is 18.2 Å². The van der Waals surface area contributed by atoms with Crippen molar-refractivity contribution in [2.24, 2.45) is 7.05 Å². The molecule has 1 aromatic rings. The molecule has 1 aliphatic carbocycles. The summed E-state index contributed by atoms with van der Waals surface area (Å²) in [6, 6.07) is 0.390. The van der Waals surface area contributed by atoms with Crippen LogP contribution in [-0.4, -0.2) is 28.0 Å². The summed E-state index contributed by atoms with van der Waals surface area (Å²) >= 11 is 0. The fraction of sp³-hybridized carbons (Fsp3) is 0.692. The number of hydrogen-bond acceptors (Lipinski definition) is 3. The molecular formula is C13H22N4O. The van der Waals surface area contributed by atoms with Crippen LogP contribution in [-0.2, 0) is 18.4 Å². The van der Waals surface area contributed by atoms with Gasteiger partial charge in [0.15, 0.2) is 0 Å². The van der Waals surface area contributed by atoms with Gasteiger partial charge in [-0.05, 0) is 12.8 Å². The number of nitrogens with one attached hydrogen (secondary N) is 2. The lowest BCUT2D eigenvalue weighted by Gasteiger charge is -2.22. The molecular weight excluding hydrogens is 228 g/mol. The van der Waals surface area contributed by atoms with E-state index in [2.05, 4.69) is 15.6 Å². The molecule has 1 heterocycles. The molecule has 0 unspecified atom stereocenters. The van der Waals surface area contributed by atoms with E-state index in [4.69, 9.17) is 0 Å². The van der Waals surface area contributed by atoms with Gasteiger partial charge in [0.25, 0.3) is 0 Å². The highest BCUT2D eigenvalue weighted by molar-refractivity contribution is 5.78. The summed E-state index contributed by atoms with van der Waals surface area (Å²) in [6.07, 6.45) is 9.72. The van der Waals surface area contributed by atoms with E-state index in [0.29, 0.717) is 19.1 Å². The molecule has 2 N–H and O–H groups in total. The SMILES string of the molecule is Cn1ccnc1CNCC(=O)NC1CCCCC1. The molecule has 1 amide bonds. The number of rotatable bonds is 5. The van der Waals surface area contributed by atoms with Crippen LogP contribution in [0.3, 0.4) is 0 Å². The molecule has 1 aliphatic rings. The van der Waals surface area contributed by atoms with E-state index < -0.39 is 0 Å². The third-order valence-electron chi connectivity index (χ3n) is 3.46. The Morgan fingerprint density at radius 2 is 2.22 bits per heavy atom. The monoisotopic (exact) mass is 250 g/mol. The van der Waals surface area contributed by atoms with Crippen LogP contribution in [0.4, 0.5) is 0 Å². The first-order valence-corrected chi connectivity index (χ1v) is 6.72. The van der Waals surface area contributed by atoms with Crippen LogP contribution in [0.1, 0.15) is 37.9 Å². The van der Waals surface area contributed by atoms with Gasteiger partial charge < -0.3 is 15.2 Å². The van der Waals surface area contributed by atoms with Crippen molar-refractivity contribution in [2.45, 2.75) is 44.7 Å². The number of aryl methyl sites for hydroxylation is 1.